The SMILES string of the molecule is COC1=C(O)CC=CC1=O. The monoisotopic (exact) mass is 140 g/mol. The van der Waals surface area contributed by atoms with Crippen LogP contribution < -0.4 is 0 Å². The molecule has 0 radical (unpaired) electrons. The van der Waals surface area contributed by atoms with Gasteiger partial charge in [-0.3, -0.25) is 4.79 Å². The number of hydrogen-bond donors (Lipinski definition) is 1. The molecule has 1 aliphatic carbocycles. The van der Waals surface area contributed by atoms with E-state index < -0.39 is 0 Å². The summed E-state index contributed by atoms with van der Waals surface area (Å²) in [7, 11) is 1.36. The first-order valence-electron chi connectivity index (χ1n) is 2.92. The fraction of sp³-hybridized carbons (Fsp3) is 0.286. The molecule has 0 unspecified atom stereocenters. The number of allylic oxidation sites excluding steroid dienone is 2. The van der Waals surface area contributed by atoms with Gasteiger partial charge in [0.05, 0.1) is 7.11 Å². The van der Waals surface area contributed by atoms with Crippen molar-refractivity contribution in [1.29, 1.82) is 0 Å². The van der Waals surface area contributed by atoms with Gasteiger partial charge in [-0.2, -0.15) is 0 Å². The summed E-state index contributed by atoms with van der Waals surface area (Å²) >= 11 is 0. The molecule has 10 heavy (non-hydrogen) atoms. The molecule has 1 rings (SSSR count). The summed E-state index contributed by atoms with van der Waals surface area (Å²) in [5, 5.41) is 9.02. The number of aliphatic hydroxyl groups excluding tert-OH is 1. The number of hydrogen-bond acceptors (Lipinski definition) is 3. The van der Waals surface area contributed by atoms with Gasteiger partial charge in [-0.1, -0.05) is 6.08 Å². The Morgan fingerprint density at radius 1 is 1.70 bits per heavy atom. The molecule has 0 saturated carbocycles. The Balaban J connectivity index is 2.89. The molecule has 0 aromatic carbocycles. The van der Waals surface area contributed by atoms with Crippen molar-refractivity contribution in [2.45, 2.75) is 6.42 Å². The zero-order chi connectivity index (χ0) is 7.56. The Hall–Kier alpha value is -1.25. The first-order chi connectivity index (χ1) is 4.75. The predicted octanol–water partition coefficient (Wildman–Crippen LogP) is 0.931. The predicted molar refractivity (Wildman–Crippen MR) is 35.4 cm³/mol. The molecular weight excluding hydrogens is 132 g/mol. The number of ether oxygens (including phenoxy) is 1. The van der Waals surface area contributed by atoms with Crippen molar-refractivity contribution in [3.8, 4) is 0 Å². The van der Waals surface area contributed by atoms with E-state index in [4.69, 9.17) is 5.11 Å². The normalized spacial score (nSPS) is 17.9. The second kappa shape index (κ2) is 2.56. The number of rotatable bonds is 1. The molecule has 0 fully saturated rings. The van der Waals surface area contributed by atoms with E-state index in [0.717, 1.165) is 0 Å². The van der Waals surface area contributed by atoms with Gasteiger partial charge >= 0.3 is 0 Å². The molecule has 0 heterocycles. The third-order valence-corrected chi connectivity index (χ3v) is 1.27. The highest BCUT2D eigenvalue weighted by Gasteiger charge is 2.15. The van der Waals surface area contributed by atoms with Gasteiger partial charge in [-0.15, -0.1) is 0 Å². The van der Waals surface area contributed by atoms with Crippen molar-refractivity contribution in [3.63, 3.8) is 0 Å². The lowest BCUT2D eigenvalue weighted by atomic mass is 10.1. The minimum atomic E-state index is -0.272. The number of carbonyl (C=O) groups is 1. The van der Waals surface area contributed by atoms with Crippen LogP contribution in [0, 0.1) is 0 Å². The van der Waals surface area contributed by atoms with Crippen LogP contribution in [0.25, 0.3) is 0 Å². The summed E-state index contributed by atoms with van der Waals surface area (Å²) in [6, 6.07) is 0. The highest BCUT2D eigenvalue weighted by Crippen LogP contribution is 2.13. The quantitative estimate of drug-likeness (QED) is 0.589. The second-order valence-corrected chi connectivity index (χ2v) is 1.95. The number of methoxy groups -OCH3 is 1. The highest BCUT2D eigenvalue weighted by molar-refractivity contribution is 6.03. The molecule has 3 nitrogen and oxygen atoms in total. The Kier molecular flexibility index (Phi) is 1.76. The minimum Gasteiger partial charge on any atom is -0.508 e. The standard InChI is InChI=1S/C7H8O3/c1-10-7-5(8)3-2-4-6(7)9/h2-3,9H,4H2,1H3. The van der Waals surface area contributed by atoms with E-state index in [1.54, 1.807) is 6.08 Å². The van der Waals surface area contributed by atoms with Crippen molar-refractivity contribution in [3.05, 3.63) is 23.7 Å². The van der Waals surface area contributed by atoms with Crippen molar-refractivity contribution >= 4 is 5.78 Å². The van der Waals surface area contributed by atoms with E-state index in [9.17, 15) is 4.79 Å². The number of aliphatic hydroxyl groups is 1. The van der Waals surface area contributed by atoms with Crippen LogP contribution in [0.1, 0.15) is 6.42 Å². The zero-order valence-corrected chi connectivity index (χ0v) is 5.63. The lowest BCUT2D eigenvalue weighted by Gasteiger charge is -2.07. The molecule has 0 atom stereocenters. The van der Waals surface area contributed by atoms with Gasteiger partial charge in [0.15, 0.2) is 0 Å². The van der Waals surface area contributed by atoms with Crippen LogP contribution in [-0.2, 0) is 9.53 Å². The maximum Gasteiger partial charge on any atom is 0.223 e. The maximum atomic E-state index is 10.8. The summed E-state index contributed by atoms with van der Waals surface area (Å²) in [5.41, 5.74) is 0. The van der Waals surface area contributed by atoms with Gasteiger partial charge in [0.1, 0.15) is 5.76 Å². The van der Waals surface area contributed by atoms with E-state index in [1.807, 2.05) is 0 Å². The van der Waals surface area contributed by atoms with Crippen molar-refractivity contribution in [1.82, 2.24) is 0 Å². The van der Waals surface area contributed by atoms with Crippen molar-refractivity contribution in [2.75, 3.05) is 7.11 Å². The third-order valence-electron chi connectivity index (χ3n) is 1.27. The minimum absolute atomic E-state index is 0.00926. The lowest BCUT2D eigenvalue weighted by Crippen LogP contribution is -2.08. The molecule has 54 valence electrons. The van der Waals surface area contributed by atoms with Crippen LogP contribution in [0.4, 0.5) is 0 Å². The highest BCUT2D eigenvalue weighted by atomic mass is 16.5. The molecule has 0 bridgehead atoms. The van der Waals surface area contributed by atoms with Gasteiger partial charge in [0.25, 0.3) is 0 Å². The van der Waals surface area contributed by atoms with E-state index in [1.165, 1.54) is 13.2 Å². The van der Waals surface area contributed by atoms with Crippen molar-refractivity contribution < 1.29 is 14.6 Å². The number of ketones is 1. The Morgan fingerprint density at radius 3 is 2.80 bits per heavy atom. The molecule has 1 aliphatic rings. The molecule has 0 spiro atoms. The van der Waals surface area contributed by atoms with E-state index in [-0.39, 0.29) is 17.3 Å². The molecule has 3 heteroatoms. The van der Waals surface area contributed by atoms with Crippen molar-refractivity contribution in [2.24, 2.45) is 0 Å². The molecule has 0 aromatic rings. The van der Waals surface area contributed by atoms with Crippen LogP contribution in [0.2, 0.25) is 0 Å². The van der Waals surface area contributed by atoms with Gasteiger partial charge in [0, 0.05) is 6.42 Å². The summed E-state index contributed by atoms with van der Waals surface area (Å²) < 4.78 is 4.64. The lowest BCUT2D eigenvalue weighted by molar-refractivity contribution is -0.114. The maximum absolute atomic E-state index is 10.8. The Labute approximate surface area is 58.6 Å². The molecular formula is C7H8O3. The van der Waals surface area contributed by atoms with Gasteiger partial charge < -0.3 is 9.84 Å². The van der Waals surface area contributed by atoms with Crippen LogP contribution in [-0.4, -0.2) is 18.0 Å². The van der Waals surface area contributed by atoms with Gasteiger partial charge in [0.2, 0.25) is 11.5 Å². The molecule has 0 aromatic heterocycles. The average molecular weight is 140 g/mol. The van der Waals surface area contributed by atoms with Gasteiger partial charge in [-0.05, 0) is 6.08 Å². The topological polar surface area (TPSA) is 46.5 Å². The van der Waals surface area contributed by atoms with Crippen LogP contribution in [0.5, 0.6) is 0 Å². The van der Waals surface area contributed by atoms with Crippen LogP contribution >= 0.6 is 0 Å². The van der Waals surface area contributed by atoms with E-state index in [0.29, 0.717) is 6.42 Å². The van der Waals surface area contributed by atoms with Crippen LogP contribution in [0.15, 0.2) is 23.7 Å². The summed E-state index contributed by atoms with van der Waals surface area (Å²) in [4.78, 5) is 10.8. The fourth-order valence-corrected chi connectivity index (χ4v) is 0.807. The first kappa shape index (κ1) is 6.86. The smallest absolute Gasteiger partial charge is 0.223 e. The van der Waals surface area contributed by atoms with Gasteiger partial charge in [-0.25, -0.2) is 0 Å². The van der Waals surface area contributed by atoms with E-state index in [2.05, 4.69) is 4.74 Å². The molecule has 0 saturated heterocycles. The number of carbonyl (C=O) groups excluding carboxylic acids is 1. The first-order valence-corrected chi connectivity index (χ1v) is 2.92. The molecule has 0 aliphatic heterocycles. The average Bonchev–Trinajstić information content (AvgIpc) is 1.88. The summed E-state index contributed by atoms with van der Waals surface area (Å²) in [6.45, 7) is 0. The molecule has 1 N–H and O–H groups in total. The molecule has 0 amide bonds. The largest absolute Gasteiger partial charge is 0.508 e. The van der Waals surface area contributed by atoms with E-state index >= 15 is 0 Å². The Morgan fingerprint density at radius 2 is 2.40 bits per heavy atom. The zero-order valence-electron chi connectivity index (χ0n) is 5.63. The second-order valence-electron chi connectivity index (χ2n) is 1.95. The fourth-order valence-electron chi connectivity index (χ4n) is 0.807. The third kappa shape index (κ3) is 1.03. The summed E-state index contributed by atoms with van der Waals surface area (Å²) in [6.07, 6.45) is 3.37. The summed E-state index contributed by atoms with van der Waals surface area (Å²) in [5.74, 6) is -0.205. The van der Waals surface area contributed by atoms with Crippen LogP contribution in [0.3, 0.4) is 0 Å². The Bertz CT molecular complexity index is 213.